The van der Waals surface area contributed by atoms with Crippen LogP contribution in [0.3, 0.4) is 0 Å². The fraction of sp³-hybridized carbons (Fsp3) is 0.615. The van der Waals surface area contributed by atoms with E-state index in [0.29, 0.717) is 61.9 Å². The van der Waals surface area contributed by atoms with E-state index < -0.39 is 16.0 Å². The monoisotopic (exact) mass is 552 g/mol. The summed E-state index contributed by atoms with van der Waals surface area (Å²) in [6.45, 7) is 5.57. The molecular weight excluding hydrogens is 514 g/mol. The summed E-state index contributed by atoms with van der Waals surface area (Å²) in [6, 6.07) is 7.53. The smallest absolute Gasteiger partial charge is 0.347 e. The zero-order chi connectivity index (χ0) is 27.0. The number of hydrogen-bond donors (Lipinski definition) is 1. The van der Waals surface area contributed by atoms with E-state index in [0.717, 1.165) is 31.2 Å². The maximum absolute atomic E-state index is 13.2. The Labute approximate surface area is 224 Å². The lowest BCUT2D eigenvalue weighted by Crippen LogP contribution is -2.59. The molecule has 0 bridgehead atoms. The van der Waals surface area contributed by atoms with Gasteiger partial charge in [0.2, 0.25) is 17.4 Å². The maximum atomic E-state index is 13.2. The summed E-state index contributed by atoms with van der Waals surface area (Å²) >= 11 is 5.53. The maximum Gasteiger partial charge on any atom is 0.347 e. The zero-order valence-electron chi connectivity index (χ0n) is 21.7. The number of amides is 2. The molecule has 2 amide bonds. The lowest BCUT2D eigenvalue weighted by atomic mass is 9.95. The predicted molar refractivity (Wildman–Crippen MR) is 144 cm³/mol. The van der Waals surface area contributed by atoms with Crippen LogP contribution in [0.2, 0.25) is 0 Å². The van der Waals surface area contributed by atoms with Gasteiger partial charge >= 0.3 is 5.89 Å². The Balaban J connectivity index is 1.67. The van der Waals surface area contributed by atoms with E-state index in [2.05, 4.69) is 13.8 Å². The molecule has 11 heteroatoms. The minimum atomic E-state index is -4.04. The number of hydrogen-bond acceptors (Lipinski definition) is 6. The number of rotatable bonds is 15. The normalized spacial score (nSPS) is 15.4. The van der Waals surface area contributed by atoms with Crippen molar-refractivity contribution in [2.45, 2.75) is 78.2 Å². The van der Waals surface area contributed by atoms with E-state index >= 15 is 0 Å². The molecule has 2 heterocycles. The van der Waals surface area contributed by atoms with Gasteiger partial charge in [0.1, 0.15) is 5.92 Å². The molecular formula is C26H38N3O6S2+. The average molecular weight is 553 g/mol. The Morgan fingerprint density at radius 3 is 2.19 bits per heavy atom. The van der Waals surface area contributed by atoms with Gasteiger partial charge in [-0.1, -0.05) is 45.2 Å². The standard InChI is InChI=1S/C26H37N3O6S2/c1-3-5-16-28-24(30)20(25(31)29(26(28)36)17-6-4-2)12-7-10-15-23-27(18-11-19-37(32,33)34)21-13-8-9-14-22(21)35-23/h8-9,13-14,20H,3-7,10-12,15-19H2,1-2H3/p+1. The first-order valence-electron chi connectivity index (χ1n) is 13.2. The third-order valence-corrected chi connectivity index (χ3v) is 7.91. The molecule has 1 aromatic heterocycles. The molecule has 37 heavy (non-hydrogen) atoms. The number of carbonyl (C=O) groups excluding carboxylic acids is 2. The fourth-order valence-corrected chi connectivity index (χ4v) is 5.51. The van der Waals surface area contributed by atoms with Gasteiger partial charge in [-0.3, -0.25) is 23.9 Å². The molecule has 1 aromatic carbocycles. The summed E-state index contributed by atoms with van der Waals surface area (Å²) < 4.78 is 39.4. The van der Waals surface area contributed by atoms with Crippen LogP contribution in [0.25, 0.3) is 11.1 Å². The number of benzene rings is 1. The molecule has 1 saturated heterocycles. The molecule has 1 fully saturated rings. The number of unbranched alkanes of at least 4 members (excludes halogenated alkanes) is 3. The number of oxazole rings is 1. The number of thiocarbonyl (C=S) groups is 1. The first-order valence-corrected chi connectivity index (χ1v) is 15.2. The average Bonchev–Trinajstić information content (AvgIpc) is 3.20. The van der Waals surface area contributed by atoms with Gasteiger partial charge in [0.25, 0.3) is 15.6 Å². The molecule has 2 aromatic rings. The van der Waals surface area contributed by atoms with Gasteiger partial charge in [0.15, 0.2) is 11.7 Å². The molecule has 0 aliphatic carbocycles. The van der Waals surface area contributed by atoms with Crippen molar-refractivity contribution in [2.24, 2.45) is 5.92 Å². The zero-order valence-corrected chi connectivity index (χ0v) is 23.4. The van der Waals surface area contributed by atoms with Gasteiger partial charge in [-0.25, -0.2) is 0 Å². The molecule has 9 nitrogen and oxygen atoms in total. The van der Waals surface area contributed by atoms with Gasteiger partial charge in [-0.15, -0.1) is 0 Å². The third-order valence-electron chi connectivity index (χ3n) is 6.66. The van der Waals surface area contributed by atoms with Crippen LogP contribution >= 0.6 is 12.2 Å². The summed E-state index contributed by atoms with van der Waals surface area (Å²) in [6.07, 6.45) is 6.15. The van der Waals surface area contributed by atoms with Gasteiger partial charge in [-0.05, 0) is 44.0 Å². The minimum absolute atomic E-state index is 0.194. The van der Waals surface area contributed by atoms with Gasteiger partial charge in [0.05, 0.1) is 12.2 Å². The Morgan fingerprint density at radius 2 is 1.59 bits per heavy atom. The van der Waals surface area contributed by atoms with E-state index in [9.17, 15) is 18.0 Å². The number of aromatic nitrogens is 1. The Morgan fingerprint density at radius 1 is 0.973 bits per heavy atom. The molecule has 204 valence electrons. The van der Waals surface area contributed by atoms with Crippen LogP contribution in [0, 0.1) is 5.92 Å². The van der Waals surface area contributed by atoms with E-state index in [4.69, 9.17) is 21.2 Å². The number of aryl methyl sites for hydroxylation is 2. The highest BCUT2D eigenvalue weighted by Crippen LogP contribution is 2.25. The summed E-state index contributed by atoms with van der Waals surface area (Å²) in [4.78, 5) is 29.6. The topological polar surface area (TPSA) is 112 Å². The van der Waals surface area contributed by atoms with Crippen LogP contribution < -0.4 is 4.57 Å². The van der Waals surface area contributed by atoms with E-state index in [1.54, 1.807) is 9.80 Å². The first-order chi connectivity index (χ1) is 17.7. The number of fused-ring (bicyclic) bond motifs is 1. The molecule has 1 aliphatic heterocycles. The minimum Gasteiger partial charge on any atom is -0.401 e. The molecule has 1 N–H and O–H groups in total. The second kappa shape index (κ2) is 13.4. The highest BCUT2D eigenvalue weighted by molar-refractivity contribution is 7.85. The highest BCUT2D eigenvalue weighted by Gasteiger charge is 2.42. The summed E-state index contributed by atoms with van der Waals surface area (Å²) in [5, 5.41) is 0.335. The van der Waals surface area contributed by atoms with Crippen molar-refractivity contribution in [1.29, 1.82) is 0 Å². The van der Waals surface area contributed by atoms with Crippen LogP contribution in [-0.4, -0.2) is 58.5 Å². The molecule has 0 atom stereocenters. The Hall–Kier alpha value is -2.37. The molecule has 0 spiro atoms. The van der Waals surface area contributed by atoms with Crippen LogP contribution in [0.4, 0.5) is 0 Å². The molecule has 3 rings (SSSR count). The van der Waals surface area contributed by atoms with E-state index in [1.165, 1.54) is 0 Å². The van der Waals surface area contributed by atoms with Crippen molar-refractivity contribution in [3.8, 4) is 0 Å². The number of nitrogens with zero attached hydrogens (tertiary/aromatic N) is 3. The van der Waals surface area contributed by atoms with Crippen molar-refractivity contribution in [3.05, 3.63) is 30.2 Å². The SMILES string of the molecule is CCCCN1C(=O)C(CCCCc2oc3ccccc3[n+]2CCCS(=O)(=O)O)C(=O)N(CCCC)C1=S. The van der Waals surface area contributed by atoms with Crippen molar-refractivity contribution in [2.75, 3.05) is 18.8 Å². The predicted octanol–water partition coefficient (Wildman–Crippen LogP) is 3.88. The molecule has 0 unspecified atom stereocenters. The summed E-state index contributed by atoms with van der Waals surface area (Å²) in [5.41, 5.74) is 1.56. The molecule has 1 aliphatic rings. The van der Waals surface area contributed by atoms with Gasteiger partial charge < -0.3 is 4.42 Å². The van der Waals surface area contributed by atoms with E-state index in [1.807, 2.05) is 28.8 Å². The van der Waals surface area contributed by atoms with Crippen molar-refractivity contribution in [1.82, 2.24) is 9.80 Å². The van der Waals surface area contributed by atoms with E-state index in [-0.39, 0.29) is 24.0 Å². The summed E-state index contributed by atoms with van der Waals surface area (Å²) in [5.74, 6) is -0.734. The quantitative estimate of drug-likeness (QED) is 0.117. The van der Waals surface area contributed by atoms with Crippen LogP contribution in [-0.2, 0) is 32.7 Å². The largest absolute Gasteiger partial charge is 0.401 e. The molecule has 0 radical (unpaired) electrons. The van der Waals surface area contributed by atoms with Gasteiger partial charge in [0, 0.05) is 25.6 Å². The highest BCUT2D eigenvalue weighted by atomic mass is 32.2. The van der Waals surface area contributed by atoms with Gasteiger partial charge in [-0.2, -0.15) is 13.0 Å². The third kappa shape index (κ3) is 7.58. The number of carbonyl (C=O) groups is 2. The Kier molecular flexibility index (Phi) is 10.6. The second-order valence-corrected chi connectivity index (χ2v) is 11.5. The first kappa shape index (κ1) is 29.2. The lowest BCUT2D eigenvalue weighted by molar-refractivity contribution is -0.684. The Bertz CT molecular complexity index is 1180. The van der Waals surface area contributed by atoms with Crippen molar-refractivity contribution in [3.63, 3.8) is 0 Å². The van der Waals surface area contributed by atoms with Crippen molar-refractivity contribution < 1.29 is 31.5 Å². The molecule has 0 saturated carbocycles. The second-order valence-electron chi connectivity index (χ2n) is 9.52. The number of para-hydroxylation sites is 2. The summed E-state index contributed by atoms with van der Waals surface area (Å²) in [7, 11) is -4.04. The fourth-order valence-electron chi connectivity index (χ4n) is 4.65. The lowest BCUT2D eigenvalue weighted by Gasteiger charge is -2.39. The van der Waals surface area contributed by atoms with Crippen molar-refractivity contribution >= 4 is 50.4 Å². The van der Waals surface area contributed by atoms with Crippen LogP contribution in [0.15, 0.2) is 28.7 Å². The van der Waals surface area contributed by atoms with Crippen LogP contribution in [0.5, 0.6) is 0 Å². The van der Waals surface area contributed by atoms with Crippen LogP contribution in [0.1, 0.15) is 71.1 Å².